The van der Waals surface area contributed by atoms with Gasteiger partial charge in [0.2, 0.25) is 5.88 Å². The average Bonchev–Trinajstić information content (AvgIpc) is 2.51. The molecule has 0 aliphatic carbocycles. The number of urea groups is 1. The molecule has 0 aliphatic heterocycles. The molecule has 0 aliphatic rings. The van der Waals surface area contributed by atoms with Crippen LogP contribution in [0.25, 0.3) is 0 Å². The van der Waals surface area contributed by atoms with E-state index in [-0.39, 0.29) is 12.6 Å². The third kappa shape index (κ3) is 4.75. The van der Waals surface area contributed by atoms with Crippen LogP contribution in [0.2, 0.25) is 0 Å². The largest absolute Gasteiger partial charge is 0.439 e. The molecule has 6 nitrogen and oxygen atoms in total. The summed E-state index contributed by atoms with van der Waals surface area (Å²) in [4.78, 5) is 15.7. The van der Waals surface area contributed by atoms with E-state index >= 15 is 0 Å². The van der Waals surface area contributed by atoms with E-state index in [4.69, 9.17) is 9.84 Å². The van der Waals surface area contributed by atoms with Crippen molar-refractivity contribution in [3.8, 4) is 11.6 Å². The Morgan fingerprint density at radius 1 is 1.27 bits per heavy atom. The van der Waals surface area contributed by atoms with Crippen molar-refractivity contribution in [1.82, 2.24) is 10.3 Å². The van der Waals surface area contributed by atoms with Gasteiger partial charge in [0.1, 0.15) is 5.75 Å². The van der Waals surface area contributed by atoms with E-state index < -0.39 is 6.03 Å². The van der Waals surface area contributed by atoms with Gasteiger partial charge in [-0.2, -0.15) is 0 Å². The van der Waals surface area contributed by atoms with Crippen molar-refractivity contribution in [2.24, 2.45) is 0 Å². The highest BCUT2D eigenvalue weighted by atomic mass is 16.5. The number of rotatable bonds is 5. The zero-order valence-corrected chi connectivity index (χ0v) is 12.5. The zero-order valence-electron chi connectivity index (χ0n) is 12.5. The minimum atomic E-state index is -0.393. The van der Waals surface area contributed by atoms with Crippen molar-refractivity contribution in [1.29, 1.82) is 0 Å². The topological polar surface area (TPSA) is 83.5 Å². The number of aromatic nitrogens is 1. The molecule has 116 valence electrons. The predicted molar refractivity (Wildman–Crippen MR) is 84.2 cm³/mol. The van der Waals surface area contributed by atoms with Gasteiger partial charge in [0.15, 0.2) is 0 Å². The summed E-state index contributed by atoms with van der Waals surface area (Å²) in [7, 11) is 0. The van der Waals surface area contributed by atoms with Crippen LogP contribution in [-0.4, -0.2) is 28.8 Å². The van der Waals surface area contributed by atoms with E-state index in [1.807, 2.05) is 31.2 Å². The molecule has 0 radical (unpaired) electrons. The molecule has 0 spiro atoms. The molecule has 0 saturated carbocycles. The smallest absolute Gasteiger partial charge is 0.319 e. The fraction of sp³-hybridized carbons (Fsp3) is 0.250. The summed E-state index contributed by atoms with van der Waals surface area (Å²) in [6.45, 7) is 3.59. The predicted octanol–water partition coefficient (Wildman–Crippen LogP) is 2.68. The van der Waals surface area contributed by atoms with Crippen LogP contribution in [0.4, 0.5) is 10.5 Å². The van der Waals surface area contributed by atoms with Crippen LogP contribution in [0.15, 0.2) is 42.6 Å². The summed E-state index contributed by atoms with van der Waals surface area (Å²) >= 11 is 0. The van der Waals surface area contributed by atoms with Crippen LogP contribution in [0.5, 0.6) is 11.6 Å². The fourth-order valence-corrected chi connectivity index (χ4v) is 1.68. The van der Waals surface area contributed by atoms with E-state index in [1.165, 1.54) is 6.20 Å². The van der Waals surface area contributed by atoms with Crippen LogP contribution in [-0.2, 0) is 0 Å². The number of anilines is 1. The summed E-state index contributed by atoms with van der Waals surface area (Å²) in [5, 5.41) is 14.1. The highest BCUT2D eigenvalue weighted by Gasteiger charge is 2.06. The van der Waals surface area contributed by atoms with E-state index in [2.05, 4.69) is 15.6 Å². The second-order valence-corrected chi connectivity index (χ2v) is 4.98. The van der Waals surface area contributed by atoms with Gasteiger partial charge >= 0.3 is 6.03 Å². The number of aryl methyl sites for hydroxylation is 1. The standard InChI is InChI=1S/C16H19N3O3/c1-11-3-6-14(7-4-11)22-15-8-5-13(9-17-15)19-16(21)18-12(2)10-20/h3-9,12,20H,10H2,1-2H3,(H2,18,19,21)/t12-/m1/s1. The number of nitrogens with one attached hydrogen (secondary N) is 2. The Balaban J connectivity index is 1.92. The number of pyridine rings is 1. The van der Waals surface area contributed by atoms with E-state index in [0.29, 0.717) is 17.3 Å². The zero-order chi connectivity index (χ0) is 15.9. The number of carbonyl (C=O) groups excluding carboxylic acids is 1. The lowest BCUT2D eigenvalue weighted by molar-refractivity contribution is 0.229. The van der Waals surface area contributed by atoms with Crippen LogP contribution in [0, 0.1) is 6.92 Å². The summed E-state index contributed by atoms with van der Waals surface area (Å²) in [5.41, 5.74) is 1.70. The minimum Gasteiger partial charge on any atom is -0.439 e. The molecule has 3 N–H and O–H groups in total. The van der Waals surface area contributed by atoms with Gasteiger partial charge in [0.25, 0.3) is 0 Å². The third-order valence-corrected chi connectivity index (χ3v) is 2.89. The molecule has 0 unspecified atom stereocenters. The lowest BCUT2D eigenvalue weighted by Gasteiger charge is -2.12. The first-order valence-electron chi connectivity index (χ1n) is 6.96. The molecule has 2 amide bonds. The number of carbonyl (C=O) groups is 1. The maximum absolute atomic E-state index is 11.6. The lowest BCUT2D eigenvalue weighted by atomic mass is 10.2. The van der Waals surface area contributed by atoms with E-state index in [9.17, 15) is 4.79 Å². The van der Waals surface area contributed by atoms with Crippen LogP contribution in [0.3, 0.4) is 0 Å². The summed E-state index contributed by atoms with van der Waals surface area (Å²) in [5.74, 6) is 1.15. The van der Waals surface area contributed by atoms with Gasteiger partial charge in [-0.3, -0.25) is 0 Å². The number of hydrogen-bond acceptors (Lipinski definition) is 4. The Bertz CT molecular complexity index is 612. The highest BCUT2D eigenvalue weighted by Crippen LogP contribution is 2.20. The van der Waals surface area contributed by atoms with Gasteiger partial charge in [-0.25, -0.2) is 9.78 Å². The first kappa shape index (κ1) is 15.8. The average molecular weight is 301 g/mol. The Morgan fingerprint density at radius 2 is 2.00 bits per heavy atom. The van der Waals surface area contributed by atoms with Gasteiger partial charge in [-0.15, -0.1) is 0 Å². The molecule has 22 heavy (non-hydrogen) atoms. The second-order valence-electron chi connectivity index (χ2n) is 4.98. The monoisotopic (exact) mass is 301 g/mol. The fourth-order valence-electron chi connectivity index (χ4n) is 1.68. The van der Waals surface area contributed by atoms with Crippen LogP contribution in [0.1, 0.15) is 12.5 Å². The maximum atomic E-state index is 11.6. The number of aliphatic hydroxyl groups is 1. The number of hydrogen-bond donors (Lipinski definition) is 3. The van der Waals surface area contributed by atoms with Gasteiger partial charge < -0.3 is 20.5 Å². The Morgan fingerprint density at radius 3 is 2.59 bits per heavy atom. The lowest BCUT2D eigenvalue weighted by Crippen LogP contribution is -2.38. The third-order valence-electron chi connectivity index (χ3n) is 2.89. The van der Waals surface area contributed by atoms with Crippen LogP contribution < -0.4 is 15.4 Å². The molecule has 1 atom stereocenters. The summed E-state index contributed by atoms with van der Waals surface area (Å²) in [6, 6.07) is 10.3. The minimum absolute atomic E-state index is 0.116. The molecular formula is C16H19N3O3. The van der Waals surface area contributed by atoms with Crippen molar-refractivity contribution in [2.75, 3.05) is 11.9 Å². The van der Waals surface area contributed by atoms with E-state index in [1.54, 1.807) is 19.1 Å². The number of aliphatic hydroxyl groups excluding tert-OH is 1. The summed E-state index contributed by atoms with van der Waals surface area (Å²) < 4.78 is 5.60. The van der Waals surface area contributed by atoms with Crippen molar-refractivity contribution in [2.45, 2.75) is 19.9 Å². The highest BCUT2D eigenvalue weighted by molar-refractivity contribution is 5.89. The van der Waals surface area contributed by atoms with Crippen molar-refractivity contribution in [3.63, 3.8) is 0 Å². The maximum Gasteiger partial charge on any atom is 0.319 e. The number of ether oxygens (including phenoxy) is 1. The van der Waals surface area contributed by atoms with Crippen molar-refractivity contribution in [3.05, 3.63) is 48.2 Å². The first-order chi connectivity index (χ1) is 10.6. The molecule has 0 bridgehead atoms. The number of nitrogens with zero attached hydrogens (tertiary/aromatic N) is 1. The molecule has 0 saturated heterocycles. The number of amides is 2. The van der Waals surface area contributed by atoms with Crippen LogP contribution >= 0.6 is 0 Å². The molecular weight excluding hydrogens is 282 g/mol. The Hall–Kier alpha value is -2.60. The van der Waals surface area contributed by atoms with Crippen molar-refractivity contribution < 1.29 is 14.6 Å². The van der Waals surface area contributed by atoms with Gasteiger partial charge in [-0.05, 0) is 32.0 Å². The molecule has 6 heteroatoms. The normalized spacial score (nSPS) is 11.6. The molecule has 1 heterocycles. The van der Waals surface area contributed by atoms with E-state index in [0.717, 1.165) is 5.56 Å². The molecule has 2 aromatic rings. The molecule has 0 fully saturated rings. The SMILES string of the molecule is Cc1ccc(Oc2ccc(NC(=O)N[C@H](C)CO)cn2)cc1. The molecule has 1 aromatic carbocycles. The summed E-state index contributed by atoms with van der Waals surface area (Å²) in [6.07, 6.45) is 1.51. The first-order valence-corrected chi connectivity index (χ1v) is 6.96. The second kappa shape index (κ2) is 7.42. The van der Waals surface area contributed by atoms with Gasteiger partial charge in [0.05, 0.1) is 24.5 Å². The Kier molecular flexibility index (Phi) is 5.32. The number of benzene rings is 1. The Labute approximate surface area is 129 Å². The van der Waals surface area contributed by atoms with Gasteiger partial charge in [-0.1, -0.05) is 17.7 Å². The molecule has 1 aromatic heterocycles. The van der Waals surface area contributed by atoms with Gasteiger partial charge in [0, 0.05) is 6.07 Å². The molecule has 2 rings (SSSR count). The van der Waals surface area contributed by atoms with Crippen molar-refractivity contribution >= 4 is 11.7 Å². The quantitative estimate of drug-likeness (QED) is 0.793.